The Balaban J connectivity index is 1.85. The molecule has 1 saturated heterocycles. The van der Waals surface area contributed by atoms with Gasteiger partial charge in [0.25, 0.3) is 0 Å². The third-order valence-electron chi connectivity index (χ3n) is 4.55. The summed E-state index contributed by atoms with van der Waals surface area (Å²) in [5, 5.41) is 4.35. The number of nitrogens with zero attached hydrogens (tertiary/aromatic N) is 2. The molecule has 0 spiro atoms. The minimum absolute atomic E-state index is 0.106. The number of nitrogens with one attached hydrogen (secondary N) is 1. The molecule has 3 aromatic rings. The Morgan fingerprint density at radius 1 is 1.20 bits per heavy atom. The molecular formula is C19H20FN3OS. The number of piperazine rings is 1. The van der Waals surface area contributed by atoms with E-state index < -0.39 is 0 Å². The molecule has 1 atom stereocenters. The van der Waals surface area contributed by atoms with Gasteiger partial charge in [-0.2, -0.15) is 0 Å². The number of hydrogen-bond donors (Lipinski definition) is 1. The van der Waals surface area contributed by atoms with Crippen LogP contribution >= 0.6 is 11.3 Å². The van der Waals surface area contributed by atoms with Crippen molar-refractivity contribution in [1.82, 2.24) is 15.2 Å². The summed E-state index contributed by atoms with van der Waals surface area (Å²) in [5.74, 6) is 0.446. The number of halogens is 1. The van der Waals surface area contributed by atoms with Crippen molar-refractivity contribution >= 4 is 21.6 Å². The van der Waals surface area contributed by atoms with E-state index in [4.69, 9.17) is 9.72 Å². The SMILES string of the molecule is COc1ccc(F)cc1C(c1nc2ccccc2s1)N1CCNCC1. The van der Waals surface area contributed by atoms with E-state index in [0.29, 0.717) is 5.75 Å². The van der Waals surface area contributed by atoms with E-state index in [1.807, 2.05) is 18.2 Å². The maximum atomic E-state index is 14.0. The highest BCUT2D eigenvalue weighted by Gasteiger charge is 2.29. The molecule has 0 amide bonds. The molecule has 2 heterocycles. The minimum atomic E-state index is -0.253. The van der Waals surface area contributed by atoms with Crippen LogP contribution in [0.15, 0.2) is 42.5 Å². The van der Waals surface area contributed by atoms with Crippen molar-refractivity contribution in [1.29, 1.82) is 0 Å². The van der Waals surface area contributed by atoms with Crippen LogP contribution in [0.4, 0.5) is 4.39 Å². The fourth-order valence-electron chi connectivity index (χ4n) is 3.35. The number of rotatable bonds is 4. The van der Waals surface area contributed by atoms with Gasteiger partial charge < -0.3 is 10.1 Å². The first-order chi connectivity index (χ1) is 12.3. The molecule has 2 aromatic carbocycles. The molecule has 0 bridgehead atoms. The molecule has 1 aliphatic rings. The predicted molar refractivity (Wildman–Crippen MR) is 98.9 cm³/mol. The number of para-hydroxylation sites is 1. The quantitative estimate of drug-likeness (QED) is 0.776. The summed E-state index contributed by atoms with van der Waals surface area (Å²) in [6.45, 7) is 3.61. The molecule has 4 rings (SSSR count). The lowest BCUT2D eigenvalue weighted by Gasteiger charge is -2.34. The number of fused-ring (bicyclic) bond motifs is 1. The highest BCUT2D eigenvalue weighted by molar-refractivity contribution is 7.18. The van der Waals surface area contributed by atoms with Crippen molar-refractivity contribution < 1.29 is 9.13 Å². The van der Waals surface area contributed by atoms with Crippen LogP contribution in [0.3, 0.4) is 0 Å². The molecule has 4 nitrogen and oxygen atoms in total. The average Bonchev–Trinajstić information content (AvgIpc) is 3.06. The second kappa shape index (κ2) is 7.07. The fraction of sp³-hybridized carbons (Fsp3) is 0.316. The number of methoxy groups -OCH3 is 1. The van der Waals surface area contributed by atoms with Crippen molar-refractivity contribution in [3.05, 3.63) is 58.9 Å². The van der Waals surface area contributed by atoms with Crippen LogP contribution in [0.1, 0.15) is 16.6 Å². The van der Waals surface area contributed by atoms with E-state index in [9.17, 15) is 4.39 Å². The number of thiazole rings is 1. The molecule has 1 aromatic heterocycles. The van der Waals surface area contributed by atoms with Crippen molar-refractivity contribution in [2.24, 2.45) is 0 Å². The maximum Gasteiger partial charge on any atom is 0.124 e. The molecule has 0 saturated carbocycles. The Hall–Kier alpha value is -2.02. The molecule has 130 valence electrons. The fourth-order valence-corrected chi connectivity index (χ4v) is 4.47. The van der Waals surface area contributed by atoms with Gasteiger partial charge in [0.05, 0.1) is 23.4 Å². The zero-order valence-corrected chi connectivity index (χ0v) is 14.9. The first-order valence-electron chi connectivity index (χ1n) is 8.40. The highest BCUT2D eigenvalue weighted by Crippen LogP contribution is 2.38. The van der Waals surface area contributed by atoms with Crippen LogP contribution in [-0.2, 0) is 0 Å². The smallest absolute Gasteiger partial charge is 0.124 e. The normalized spacial score (nSPS) is 16.9. The van der Waals surface area contributed by atoms with Gasteiger partial charge in [-0.25, -0.2) is 9.37 Å². The standard InChI is InChI=1S/C19H20FN3OS/c1-24-16-7-6-13(20)12-14(16)18(23-10-8-21-9-11-23)19-22-15-4-2-3-5-17(15)25-19/h2-7,12,18,21H,8-11H2,1H3. The lowest BCUT2D eigenvalue weighted by Crippen LogP contribution is -2.45. The summed E-state index contributed by atoms with van der Waals surface area (Å²) in [7, 11) is 1.63. The second-order valence-electron chi connectivity index (χ2n) is 6.09. The summed E-state index contributed by atoms with van der Waals surface area (Å²) in [6.07, 6.45) is 0. The van der Waals surface area contributed by atoms with E-state index in [1.54, 1.807) is 30.6 Å². The molecule has 25 heavy (non-hydrogen) atoms. The number of benzene rings is 2. The zero-order chi connectivity index (χ0) is 17.2. The van der Waals surface area contributed by atoms with Gasteiger partial charge >= 0.3 is 0 Å². The summed E-state index contributed by atoms with van der Waals surface area (Å²) >= 11 is 1.67. The molecule has 1 fully saturated rings. The van der Waals surface area contributed by atoms with Crippen LogP contribution in [0.2, 0.25) is 0 Å². The molecule has 1 unspecified atom stereocenters. The van der Waals surface area contributed by atoms with Crippen LogP contribution in [-0.4, -0.2) is 43.2 Å². The first-order valence-corrected chi connectivity index (χ1v) is 9.21. The lowest BCUT2D eigenvalue weighted by atomic mass is 10.0. The van der Waals surface area contributed by atoms with Crippen molar-refractivity contribution in [2.75, 3.05) is 33.3 Å². The third kappa shape index (κ3) is 3.25. The monoisotopic (exact) mass is 357 g/mol. The summed E-state index contributed by atoms with van der Waals surface area (Å²) < 4.78 is 20.7. The van der Waals surface area contributed by atoms with Crippen LogP contribution < -0.4 is 10.1 Å². The summed E-state index contributed by atoms with van der Waals surface area (Å²) in [6, 6.07) is 12.7. The molecule has 0 aliphatic carbocycles. The number of hydrogen-bond acceptors (Lipinski definition) is 5. The maximum absolute atomic E-state index is 14.0. The van der Waals surface area contributed by atoms with Gasteiger partial charge in [-0.15, -0.1) is 11.3 Å². The van der Waals surface area contributed by atoms with Gasteiger partial charge in [0.1, 0.15) is 16.6 Å². The summed E-state index contributed by atoms with van der Waals surface area (Å²) in [4.78, 5) is 7.20. The highest BCUT2D eigenvalue weighted by atomic mass is 32.1. The van der Waals surface area contributed by atoms with E-state index in [0.717, 1.165) is 47.0 Å². The number of ether oxygens (including phenoxy) is 1. The van der Waals surface area contributed by atoms with E-state index in [2.05, 4.69) is 16.3 Å². The van der Waals surface area contributed by atoms with Gasteiger partial charge in [-0.05, 0) is 30.3 Å². The zero-order valence-electron chi connectivity index (χ0n) is 14.0. The molecule has 6 heteroatoms. The molecule has 0 radical (unpaired) electrons. The Morgan fingerprint density at radius 2 is 2.00 bits per heavy atom. The Kier molecular flexibility index (Phi) is 4.65. The lowest BCUT2D eigenvalue weighted by molar-refractivity contribution is 0.195. The molecular weight excluding hydrogens is 337 g/mol. The van der Waals surface area contributed by atoms with Crippen molar-refractivity contribution in [3.63, 3.8) is 0 Å². The third-order valence-corrected chi connectivity index (χ3v) is 5.64. The molecule has 1 aliphatic heterocycles. The first kappa shape index (κ1) is 16.4. The average molecular weight is 357 g/mol. The van der Waals surface area contributed by atoms with Crippen LogP contribution in [0.25, 0.3) is 10.2 Å². The van der Waals surface area contributed by atoms with Crippen molar-refractivity contribution in [2.45, 2.75) is 6.04 Å². The van der Waals surface area contributed by atoms with Crippen LogP contribution in [0.5, 0.6) is 5.75 Å². The van der Waals surface area contributed by atoms with E-state index in [-0.39, 0.29) is 11.9 Å². The van der Waals surface area contributed by atoms with Gasteiger partial charge in [0.15, 0.2) is 0 Å². The van der Waals surface area contributed by atoms with E-state index in [1.165, 1.54) is 6.07 Å². The Bertz CT molecular complexity index is 843. The Morgan fingerprint density at radius 3 is 2.76 bits per heavy atom. The predicted octanol–water partition coefficient (Wildman–Crippen LogP) is 3.44. The van der Waals surface area contributed by atoms with Gasteiger partial charge in [-0.3, -0.25) is 4.90 Å². The Labute approximate surface area is 150 Å². The number of aromatic nitrogens is 1. The topological polar surface area (TPSA) is 37.4 Å². The van der Waals surface area contributed by atoms with E-state index >= 15 is 0 Å². The van der Waals surface area contributed by atoms with Gasteiger partial charge in [0.2, 0.25) is 0 Å². The molecule has 1 N–H and O–H groups in total. The van der Waals surface area contributed by atoms with Crippen LogP contribution in [0, 0.1) is 5.82 Å². The largest absolute Gasteiger partial charge is 0.496 e. The minimum Gasteiger partial charge on any atom is -0.496 e. The van der Waals surface area contributed by atoms with Gasteiger partial charge in [-0.1, -0.05) is 12.1 Å². The summed E-state index contributed by atoms with van der Waals surface area (Å²) in [5.41, 5.74) is 1.82. The second-order valence-corrected chi connectivity index (χ2v) is 7.16. The van der Waals surface area contributed by atoms with Crippen molar-refractivity contribution in [3.8, 4) is 5.75 Å². The van der Waals surface area contributed by atoms with Gasteiger partial charge in [0, 0.05) is 31.7 Å².